The van der Waals surface area contributed by atoms with Crippen LogP contribution >= 0.6 is 0 Å². The Balaban J connectivity index is 0.000000251. The molecule has 6 aromatic carbocycles. The maximum Gasteiger partial charge on any atom is -0.358 e. The van der Waals surface area contributed by atoms with Gasteiger partial charge in [-0.15, -0.1) is 69.1 Å². The summed E-state index contributed by atoms with van der Waals surface area (Å²) in [7, 11) is 0. The van der Waals surface area contributed by atoms with Gasteiger partial charge in [0.2, 0.25) is 0 Å². The molecule has 0 saturated heterocycles. The maximum atomic E-state index is 2.35. The zero-order valence-electron chi connectivity index (χ0n) is 25.5. The van der Waals surface area contributed by atoms with Gasteiger partial charge in [0.1, 0.15) is 0 Å². The molecule has 0 radical (unpaired) electrons. The van der Waals surface area contributed by atoms with Crippen LogP contribution in [0.5, 0.6) is 0 Å². The fraction of sp³-hybridized carbons (Fsp3) is 0.175. The van der Waals surface area contributed by atoms with Crippen molar-refractivity contribution in [3.63, 3.8) is 0 Å². The molecular formula is C40H44Ti-4. The molecule has 0 aliphatic heterocycles. The summed E-state index contributed by atoms with van der Waals surface area (Å²) >= 11 is 2.00. The molecule has 0 unspecified atom stereocenters. The second-order valence-corrected chi connectivity index (χ2v) is 10.8. The molecule has 0 aromatic heterocycles. The van der Waals surface area contributed by atoms with Gasteiger partial charge in [-0.3, -0.25) is 0 Å². The Kier molecular flexibility index (Phi) is 14.5. The number of hydrogen-bond donors (Lipinski definition) is 0. The molecule has 212 valence electrons. The minimum absolute atomic E-state index is 0. The largest absolute Gasteiger partial charge is 0.358 e. The van der Waals surface area contributed by atoms with Crippen LogP contribution in [0.2, 0.25) is 0 Å². The van der Waals surface area contributed by atoms with Crippen molar-refractivity contribution < 1.29 is 20.0 Å². The first-order valence-corrected chi connectivity index (χ1v) is 15.0. The van der Waals surface area contributed by atoms with Gasteiger partial charge < -0.3 is 14.9 Å². The van der Waals surface area contributed by atoms with Crippen LogP contribution in [0, 0.1) is 14.9 Å². The summed E-state index contributed by atoms with van der Waals surface area (Å²) in [6, 6.07) is 43.8. The predicted molar refractivity (Wildman–Crippen MR) is 183 cm³/mol. The molecule has 0 fully saturated rings. The second kappa shape index (κ2) is 17.5. The van der Waals surface area contributed by atoms with Gasteiger partial charge in [-0.2, -0.15) is 12.1 Å². The molecule has 0 N–H and O–H groups in total. The van der Waals surface area contributed by atoms with Crippen LogP contribution in [0.3, 0.4) is 0 Å². The van der Waals surface area contributed by atoms with Crippen molar-refractivity contribution in [2.45, 2.75) is 46.5 Å². The van der Waals surface area contributed by atoms with Gasteiger partial charge in [0.05, 0.1) is 0 Å². The minimum Gasteiger partial charge on any atom is -0.358 e. The molecule has 0 heterocycles. The Morgan fingerprint density at radius 3 is 1.27 bits per heavy atom. The van der Waals surface area contributed by atoms with E-state index in [1.807, 2.05) is 31.2 Å². The van der Waals surface area contributed by atoms with Crippen LogP contribution in [-0.2, 0) is 32.8 Å². The third kappa shape index (κ3) is 8.83. The Bertz CT molecular complexity index is 1460. The third-order valence-corrected chi connectivity index (χ3v) is 6.87. The number of benzene rings is 4. The van der Waals surface area contributed by atoms with Gasteiger partial charge in [0, 0.05) is 0 Å². The van der Waals surface area contributed by atoms with Crippen molar-refractivity contribution in [3.05, 3.63) is 147 Å². The molecular weight excluding hydrogens is 528 g/mol. The van der Waals surface area contributed by atoms with E-state index < -0.39 is 0 Å². The zero-order chi connectivity index (χ0) is 27.5. The molecule has 41 heavy (non-hydrogen) atoms. The molecule has 0 saturated carbocycles. The first-order valence-electron chi connectivity index (χ1n) is 14.1. The predicted octanol–water partition coefficient (Wildman–Crippen LogP) is 11.6. The average Bonchev–Trinajstić information content (AvgIpc) is 3.58. The summed E-state index contributed by atoms with van der Waals surface area (Å²) in [5.41, 5.74) is 8.20. The van der Waals surface area contributed by atoms with Gasteiger partial charge in [0.25, 0.3) is 0 Å². The van der Waals surface area contributed by atoms with Gasteiger partial charge in [-0.25, -0.2) is 0 Å². The van der Waals surface area contributed by atoms with Crippen molar-refractivity contribution in [2.75, 3.05) is 0 Å². The van der Waals surface area contributed by atoms with E-state index in [1.54, 1.807) is 0 Å². The molecule has 6 aromatic rings. The summed E-state index contributed by atoms with van der Waals surface area (Å²) in [5.74, 6) is 0. The van der Waals surface area contributed by atoms with E-state index in [4.69, 9.17) is 0 Å². The quantitative estimate of drug-likeness (QED) is 0.138. The smallest absolute Gasteiger partial charge is 0.358 e. The van der Waals surface area contributed by atoms with Crippen LogP contribution in [-0.4, -0.2) is 4.31 Å². The molecule has 0 spiro atoms. The van der Waals surface area contributed by atoms with Crippen molar-refractivity contribution in [1.29, 1.82) is 0 Å². The van der Waals surface area contributed by atoms with E-state index in [1.165, 1.54) is 80.6 Å². The molecule has 0 amide bonds. The number of fused-ring (bicyclic) bond motifs is 2. The molecule has 1 heteroatoms. The van der Waals surface area contributed by atoms with Gasteiger partial charge >= 0.3 is 31.2 Å². The molecule has 0 nitrogen and oxygen atoms in total. The average molecular weight is 573 g/mol. The summed E-state index contributed by atoms with van der Waals surface area (Å²) in [6.07, 6.45) is 4.75. The topological polar surface area (TPSA) is 0 Å². The van der Waals surface area contributed by atoms with Crippen LogP contribution in [0.1, 0.15) is 44.7 Å². The van der Waals surface area contributed by atoms with E-state index in [0.29, 0.717) is 0 Å². The third-order valence-electron chi connectivity index (χ3n) is 6.87. The van der Waals surface area contributed by atoms with Crippen LogP contribution < -0.4 is 0 Å². The normalized spacial score (nSPS) is 9.90. The van der Waals surface area contributed by atoms with Gasteiger partial charge in [-0.05, 0) is 24.0 Å². The summed E-state index contributed by atoms with van der Waals surface area (Å²) in [6.45, 7) is 6.46. The molecule has 0 atom stereocenters. The standard InChI is InChI=1S/2C18H17.C2H4.2CH3.Ti/c2*1-2-7-14-12-16-10-6-11-17(18(16)13-14)15-8-4-3-5-9-15;1-2;;;/h2*3-6,8-13H,2,7H2,1H3;1H,2H3;2*1H3;/q2*-1;;2*-1;. The SMILES string of the molecule is CCCc1cc2c(-c3ccccc3)cccc2[cH-]1.CCCc1cc2c(-c3ccccc3)cccc2[cH-]1.C[CH]=[Ti].[CH3-].[CH3-]. The van der Waals surface area contributed by atoms with E-state index in [2.05, 4.69) is 135 Å². The molecule has 0 aliphatic carbocycles. The van der Waals surface area contributed by atoms with Crippen LogP contribution in [0.15, 0.2) is 121 Å². The molecule has 6 rings (SSSR count). The van der Waals surface area contributed by atoms with Crippen molar-refractivity contribution >= 4 is 25.9 Å². The fourth-order valence-corrected chi connectivity index (χ4v) is 5.20. The Labute approximate surface area is 260 Å². The summed E-state index contributed by atoms with van der Waals surface area (Å²) in [4.78, 5) is 0. The zero-order valence-corrected chi connectivity index (χ0v) is 27.0. The Morgan fingerprint density at radius 1 is 0.561 bits per heavy atom. The summed E-state index contributed by atoms with van der Waals surface area (Å²) in [5, 5.41) is 5.49. The number of rotatable bonds is 6. The van der Waals surface area contributed by atoms with E-state index in [0.717, 1.165) is 0 Å². The minimum atomic E-state index is 0. The second-order valence-electron chi connectivity index (χ2n) is 9.86. The van der Waals surface area contributed by atoms with Crippen LogP contribution in [0.25, 0.3) is 43.8 Å². The Hall–Kier alpha value is -3.32. The first kappa shape index (κ1) is 33.9. The van der Waals surface area contributed by atoms with Crippen molar-refractivity contribution in [3.8, 4) is 22.3 Å². The molecule has 0 aliphatic rings. The van der Waals surface area contributed by atoms with Gasteiger partial charge in [-0.1, -0.05) is 111 Å². The number of aryl methyl sites for hydroxylation is 2. The van der Waals surface area contributed by atoms with E-state index in [9.17, 15) is 0 Å². The van der Waals surface area contributed by atoms with Crippen LogP contribution in [0.4, 0.5) is 0 Å². The van der Waals surface area contributed by atoms with Crippen molar-refractivity contribution in [2.24, 2.45) is 0 Å². The van der Waals surface area contributed by atoms with E-state index >= 15 is 0 Å². The summed E-state index contributed by atoms with van der Waals surface area (Å²) < 4.78 is 2.00. The fourth-order valence-electron chi connectivity index (χ4n) is 5.20. The van der Waals surface area contributed by atoms with Crippen molar-refractivity contribution in [1.82, 2.24) is 0 Å². The Morgan fingerprint density at radius 2 is 0.927 bits per heavy atom. The van der Waals surface area contributed by atoms with Gasteiger partial charge in [0.15, 0.2) is 0 Å². The maximum absolute atomic E-state index is 2.35. The number of hydrogen-bond acceptors (Lipinski definition) is 0. The first-order chi connectivity index (χ1) is 19.2. The monoisotopic (exact) mass is 572 g/mol. The molecule has 0 bridgehead atoms. The van der Waals surface area contributed by atoms with E-state index in [-0.39, 0.29) is 14.9 Å².